The van der Waals surface area contributed by atoms with Crippen molar-refractivity contribution < 1.29 is 18.0 Å². The average Bonchev–Trinajstić information content (AvgIpc) is 2.40. The summed E-state index contributed by atoms with van der Waals surface area (Å²) in [6, 6.07) is 4.12. The van der Waals surface area contributed by atoms with E-state index in [2.05, 4.69) is 4.98 Å². The molecule has 0 radical (unpaired) electrons. The molecule has 1 aromatic rings. The summed E-state index contributed by atoms with van der Waals surface area (Å²) in [6.45, 7) is 0. The average molecular weight is 334 g/mol. The molecule has 0 aliphatic heterocycles. The Morgan fingerprint density at radius 2 is 2.14 bits per heavy atom. The lowest BCUT2D eigenvalue weighted by molar-refractivity contribution is -0.137. The van der Waals surface area contributed by atoms with E-state index in [9.17, 15) is 18.0 Å². The van der Waals surface area contributed by atoms with Crippen molar-refractivity contribution in [2.24, 2.45) is 0 Å². The molecule has 1 rings (SSSR count). The fraction of sp³-hybridized carbons (Fsp3) is 0.333. The van der Waals surface area contributed by atoms with Crippen molar-refractivity contribution in [3.8, 4) is 12.1 Å². The highest BCUT2D eigenvalue weighted by atomic mass is 35.5. The number of rotatable bonds is 5. The SMILES string of the molecule is N#CCSCC(=O)[C@H](C#N)c1ncc(C(F)(F)F)cc1Cl. The molecular formula is C12H7ClF3N3OS. The van der Waals surface area contributed by atoms with Crippen molar-refractivity contribution in [1.82, 2.24) is 4.98 Å². The highest BCUT2D eigenvalue weighted by Gasteiger charge is 2.33. The smallest absolute Gasteiger partial charge is 0.297 e. The molecule has 0 unspecified atom stereocenters. The van der Waals surface area contributed by atoms with Crippen LogP contribution in [-0.2, 0) is 11.0 Å². The normalized spacial score (nSPS) is 12.3. The van der Waals surface area contributed by atoms with Crippen LogP contribution in [0.3, 0.4) is 0 Å². The summed E-state index contributed by atoms with van der Waals surface area (Å²) in [5.41, 5.74) is -1.27. The molecule has 0 bridgehead atoms. The van der Waals surface area contributed by atoms with Gasteiger partial charge in [0.2, 0.25) is 0 Å². The molecule has 0 aliphatic rings. The zero-order valence-electron chi connectivity index (χ0n) is 10.3. The second kappa shape index (κ2) is 7.30. The Bertz CT molecular complexity index is 622. The number of pyridine rings is 1. The number of aromatic nitrogens is 1. The second-order valence-electron chi connectivity index (χ2n) is 3.77. The van der Waals surface area contributed by atoms with Crippen LogP contribution in [0.25, 0.3) is 0 Å². The van der Waals surface area contributed by atoms with E-state index >= 15 is 0 Å². The first-order chi connectivity index (χ1) is 9.81. The van der Waals surface area contributed by atoms with Gasteiger partial charge in [-0.25, -0.2) is 0 Å². The third kappa shape index (κ3) is 4.62. The van der Waals surface area contributed by atoms with E-state index in [-0.39, 0.29) is 17.2 Å². The van der Waals surface area contributed by atoms with E-state index in [1.54, 1.807) is 6.07 Å². The summed E-state index contributed by atoms with van der Waals surface area (Å²) in [5.74, 6) is -1.97. The van der Waals surface area contributed by atoms with Crippen molar-refractivity contribution in [2.45, 2.75) is 12.1 Å². The maximum Gasteiger partial charge on any atom is 0.417 e. The number of carbonyl (C=O) groups excluding carboxylic acids is 1. The predicted octanol–water partition coefficient (Wildman–Crippen LogP) is 3.19. The van der Waals surface area contributed by atoms with Gasteiger partial charge in [0.05, 0.1) is 39.9 Å². The van der Waals surface area contributed by atoms with Crippen molar-refractivity contribution >= 4 is 29.1 Å². The minimum atomic E-state index is -4.61. The Kier molecular flexibility index (Phi) is 6.01. The number of hydrogen-bond donors (Lipinski definition) is 0. The van der Waals surface area contributed by atoms with Crippen LogP contribution in [0.5, 0.6) is 0 Å². The number of carbonyl (C=O) groups is 1. The number of thioether (sulfide) groups is 1. The molecule has 0 saturated carbocycles. The van der Waals surface area contributed by atoms with Crippen LogP contribution in [0.4, 0.5) is 13.2 Å². The van der Waals surface area contributed by atoms with Gasteiger partial charge in [-0.15, -0.1) is 11.8 Å². The number of hydrogen-bond acceptors (Lipinski definition) is 5. The van der Waals surface area contributed by atoms with Crippen molar-refractivity contribution in [1.29, 1.82) is 10.5 Å². The first-order valence-corrected chi connectivity index (χ1v) is 6.94. The summed E-state index contributed by atoms with van der Waals surface area (Å²) in [6.07, 6.45) is -4.08. The molecule has 0 amide bonds. The summed E-state index contributed by atoms with van der Waals surface area (Å²) < 4.78 is 37.4. The molecule has 0 aliphatic carbocycles. The molecule has 4 nitrogen and oxygen atoms in total. The minimum Gasteiger partial charge on any atom is -0.297 e. The van der Waals surface area contributed by atoms with Crippen LogP contribution < -0.4 is 0 Å². The summed E-state index contributed by atoms with van der Waals surface area (Å²) in [4.78, 5) is 15.3. The highest BCUT2D eigenvalue weighted by molar-refractivity contribution is 8.00. The minimum absolute atomic E-state index is 0.0675. The van der Waals surface area contributed by atoms with Gasteiger partial charge >= 0.3 is 6.18 Å². The molecular weight excluding hydrogens is 327 g/mol. The van der Waals surface area contributed by atoms with Gasteiger partial charge < -0.3 is 0 Å². The molecule has 1 aromatic heterocycles. The Balaban J connectivity index is 3.00. The third-order valence-electron chi connectivity index (χ3n) is 2.33. The predicted molar refractivity (Wildman–Crippen MR) is 70.5 cm³/mol. The number of nitrogens with zero attached hydrogens (tertiary/aromatic N) is 3. The Morgan fingerprint density at radius 1 is 1.48 bits per heavy atom. The molecule has 21 heavy (non-hydrogen) atoms. The summed E-state index contributed by atoms with van der Waals surface area (Å²) in [5, 5.41) is 17.0. The number of halogens is 4. The first kappa shape index (κ1) is 17.3. The van der Waals surface area contributed by atoms with Gasteiger partial charge in [-0.05, 0) is 6.07 Å². The largest absolute Gasteiger partial charge is 0.417 e. The molecule has 1 heterocycles. The van der Waals surface area contributed by atoms with Crippen LogP contribution >= 0.6 is 23.4 Å². The molecule has 110 valence electrons. The van der Waals surface area contributed by atoms with E-state index in [0.717, 1.165) is 11.8 Å². The van der Waals surface area contributed by atoms with E-state index < -0.39 is 28.5 Å². The maximum absolute atomic E-state index is 12.5. The van der Waals surface area contributed by atoms with Crippen molar-refractivity contribution in [3.05, 3.63) is 28.5 Å². The standard InChI is InChI=1S/C12H7ClF3N3OS/c13-9-3-7(12(14,15)16)5-19-11(9)8(4-18)10(20)6-21-2-1-17/h3,5,8H,2,6H2/t8-/m0/s1. The van der Waals surface area contributed by atoms with Crippen LogP contribution in [0, 0.1) is 22.7 Å². The Hall–Kier alpha value is -1.77. The molecule has 0 spiro atoms. The van der Waals surface area contributed by atoms with Gasteiger partial charge in [-0.1, -0.05) is 11.6 Å². The fourth-order valence-corrected chi connectivity index (χ4v) is 2.22. The fourth-order valence-electron chi connectivity index (χ4n) is 1.38. The first-order valence-electron chi connectivity index (χ1n) is 5.41. The number of Topliss-reactive ketones (excluding diaryl/α,β-unsaturated/α-hetero) is 1. The Morgan fingerprint density at radius 3 is 2.62 bits per heavy atom. The lowest BCUT2D eigenvalue weighted by Crippen LogP contribution is -2.16. The van der Waals surface area contributed by atoms with E-state index in [1.807, 2.05) is 6.07 Å². The van der Waals surface area contributed by atoms with Gasteiger partial charge in [0.1, 0.15) is 5.92 Å². The molecule has 9 heteroatoms. The lowest BCUT2D eigenvalue weighted by Gasteiger charge is -2.11. The van der Waals surface area contributed by atoms with Crippen LogP contribution in [0.1, 0.15) is 17.2 Å². The quantitative estimate of drug-likeness (QED) is 0.773. The molecule has 1 atom stereocenters. The zero-order valence-corrected chi connectivity index (χ0v) is 11.9. The van der Waals surface area contributed by atoms with Crippen LogP contribution in [-0.4, -0.2) is 22.3 Å². The van der Waals surface area contributed by atoms with Crippen LogP contribution in [0.15, 0.2) is 12.3 Å². The van der Waals surface area contributed by atoms with Gasteiger partial charge in [0.25, 0.3) is 0 Å². The van der Waals surface area contributed by atoms with E-state index in [0.29, 0.717) is 12.3 Å². The second-order valence-corrected chi connectivity index (χ2v) is 5.16. The van der Waals surface area contributed by atoms with E-state index in [4.69, 9.17) is 22.1 Å². The van der Waals surface area contributed by atoms with Crippen molar-refractivity contribution in [2.75, 3.05) is 11.5 Å². The zero-order chi connectivity index (χ0) is 16.0. The summed E-state index contributed by atoms with van der Waals surface area (Å²) in [7, 11) is 0. The lowest BCUT2D eigenvalue weighted by atomic mass is 10.0. The number of nitriles is 2. The van der Waals surface area contributed by atoms with Gasteiger partial charge in [-0.2, -0.15) is 23.7 Å². The maximum atomic E-state index is 12.5. The van der Waals surface area contributed by atoms with Gasteiger partial charge in [0, 0.05) is 6.20 Å². The highest BCUT2D eigenvalue weighted by Crippen LogP contribution is 2.33. The monoisotopic (exact) mass is 333 g/mol. The molecule has 0 saturated heterocycles. The van der Waals surface area contributed by atoms with Gasteiger partial charge in [0.15, 0.2) is 5.78 Å². The van der Waals surface area contributed by atoms with Crippen LogP contribution in [0.2, 0.25) is 5.02 Å². The molecule has 0 aromatic carbocycles. The van der Waals surface area contributed by atoms with E-state index in [1.165, 1.54) is 0 Å². The molecule has 0 N–H and O–H groups in total. The Labute approximate surface area is 127 Å². The molecule has 0 fully saturated rings. The number of alkyl halides is 3. The topological polar surface area (TPSA) is 77.5 Å². The van der Waals surface area contributed by atoms with Gasteiger partial charge in [-0.3, -0.25) is 9.78 Å². The third-order valence-corrected chi connectivity index (χ3v) is 3.46. The number of ketones is 1. The summed E-state index contributed by atoms with van der Waals surface area (Å²) >= 11 is 6.69. The van der Waals surface area contributed by atoms with Crippen molar-refractivity contribution in [3.63, 3.8) is 0 Å².